The highest BCUT2D eigenvalue weighted by Gasteiger charge is 2.07. The van der Waals surface area contributed by atoms with Crippen LogP contribution in [-0.4, -0.2) is 11.1 Å². The van der Waals surface area contributed by atoms with Crippen LogP contribution in [0.1, 0.15) is 18.5 Å². The third-order valence-electron chi connectivity index (χ3n) is 3.07. The number of hydrogen-bond acceptors (Lipinski definition) is 2. The minimum Gasteiger partial charge on any atom is -0.314 e. The maximum Gasteiger partial charge on any atom is 0.250 e. The quantitative estimate of drug-likeness (QED) is 0.919. The summed E-state index contributed by atoms with van der Waals surface area (Å²) in [6, 6.07) is 13.6. The van der Waals surface area contributed by atoms with Crippen LogP contribution < -0.4 is 10.9 Å². The van der Waals surface area contributed by atoms with E-state index in [2.05, 4.69) is 34.2 Å². The van der Waals surface area contributed by atoms with Gasteiger partial charge in [-0.2, -0.15) is 0 Å². The molecule has 0 aliphatic carbocycles. The molecule has 1 heterocycles. The van der Waals surface area contributed by atoms with Crippen molar-refractivity contribution in [2.24, 2.45) is 0 Å². The molecule has 1 N–H and O–H groups in total. The number of halogens is 1. The number of pyridine rings is 1. The molecule has 4 heteroatoms. The van der Waals surface area contributed by atoms with Crippen LogP contribution in [0.5, 0.6) is 0 Å². The molecule has 1 aromatic heterocycles. The zero-order chi connectivity index (χ0) is 13.7. The Morgan fingerprint density at radius 1 is 1.21 bits per heavy atom. The average Bonchev–Trinajstić information content (AvgIpc) is 2.41. The lowest BCUT2D eigenvalue weighted by Crippen LogP contribution is -2.27. The molecule has 0 aliphatic heterocycles. The predicted octanol–water partition coefficient (Wildman–Crippen LogP) is 2.96. The Balaban J connectivity index is 1.92. The second kappa shape index (κ2) is 6.68. The van der Waals surface area contributed by atoms with Crippen LogP contribution in [0.2, 0.25) is 0 Å². The molecule has 3 nitrogen and oxygen atoms in total. The third kappa shape index (κ3) is 3.78. The van der Waals surface area contributed by atoms with Gasteiger partial charge in [0.1, 0.15) is 0 Å². The Hall–Kier alpha value is -1.39. The first-order valence-corrected chi connectivity index (χ1v) is 7.11. The molecule has 0 unspecified atom stereocenters. The van der Waals surface area contributed by atoms with Gasteiger partial charge in [0, 0.05) is 35.9 Å². The first-order valence-electron chi connectivity index (χ1n) is 6.32. The van der Waals surface area contributed by atoms with Crippen LogP contribution in [0.25, 0.3) is 0 Å². The van der Waals surface area contributed by atoms with Gasteiger partial charge >= 0.3 is 0 Å². The fourth-order valence-electron chi connectivity index (χ4n) is 1.98. The van der Waals surface area contributed by atoms with Crippen LogP contribution in [0.3, 0.4) is 0 Å². The minimum atomic E-state index is 0.0397. The normalized spacial score (nSPS) is 12.3. The summed E-state index contributed by atoms with van der Waals surface area (Å²) in [5.41, 5.74) is 1.26. The lowest BCUT2D eigenvalue weighted by Gasteiger charge is -2.16. The summed E-state index contributed by atoms with van der Waals surface area (Å²) in [6.45, 7) is 3.55. The van der Waals surface area contributed by atoms with E-state index >= 15 is 0 Å². The van der Waals surface area contributed by atoms with Crippen molar-refractivity contribution >= 4 is 15.9 Å². The van der Waals surface area contributed by atoms with Crippen molar-refractivity contribution in [2.45, 2.75) is 19.5 Å². The third-order valence-corrected chi connectivity index (χ3v) is 3.80. The molecule has 0 amide bonds. The van der Waals surface area contributed by atoms with Gasteiger partial charge in [0.25, 0.3) is 5.56 Å². The molecule has 0 saturated heterocycles. The van der Waals surface area contributed by atoms with Crippen LogP contribution in [-0.2, 0) is 6.54 Å². The van der Waals surface area contributed by atoms with E-state index in [9.17, 15) is 4.79 Å². The molecular formula is C15H17BrN2O. The van der Waals surface area contributed by atoms with Crippen molar-refractivity contribution < 1.29 is 0 Å². The van der Waals surface area contributed by atoms with Crippen molar-refractivity contribution in [3.05, 3.63) is 69.1 Å². The number of benzene rings is 1. The molecule has 1 aromatic carbocycles. The molecule has 2 rings (SSSR count). The number of nitrogens with zero attached hydrogens (tertiary/aromatic N) is 1. The van der Waals surface area contributed by atoms with Crippen LogP contribution >= 0.6 is 15.9 Å². The SMILES string of the molecule is C[C@H](NCCn1ccccc1=O)c1ccccc1Br. The Bertz CT molecular complexity index is 594. The second-order valence-corrected chi connectivity index (χ2v) is 5.28. The highest BCUT2D eigenvalue weighted by molar-refractivity contribution is 9.10. The Labute approximate surface area is 121 Å². The highest BCUT2D eigenvalue weighted by Crippen LogP contribution is 2.22. The van der Waals surface area contributed by atoms with Gasteiger partial charge in [-0.1, -0.05) is 40.2 Å². The van der Waals surface area contributed by atoms with Gasteiger partial charge in [-0.15, -0.1) is 0 Å². The number of hydrogen-bond donors (Lipinski definition) is 1. The number of nitrogens with one attached hydrogen (secondary N) is 1. The molecule has 1 atom stereocenters. The Morgan fingerprint density at radius 3 is 2.68 bits per heavy atom. The fourth-order valence-corrected chi connectivity index (χ4v) is 2.61. The molecule has 0 spiro atoms. The van der Waals surface area contributed by atoms with E-state index in [0.29, 0.717) is 6.54 Å². The van der Waals surface area contributed by atoms with Gasteiger partial charge in [-0.3, -0.25) is 4.79 Å². The maximum absolute atomic E-state index is 11.5. The van der Waals surface area contributed by atoms with Crippen LogP contribution in [0, 0.1) is 0 Å². The molecule has 0 fully saturated rings. The van der Waals surface area contributed by atoms with Gasteiger partial charge in [-0.05, 0) is 24.6 Å². The molecule has 2 aromatic rings. The predicted molar refractivity (Wildman–Crippen MR) is 81.3 cm³/mol. The molecule has 0 radical (unpaired) electrons. The highest BCUT2D eigenvalue weighted by atomic mass is 79.9. The van der Waals surface area contributed by atoms with Gasteiger partial charge in [0.2, 0.25) is 0 Å². The maximum atomic E-state index is 11.5. The summed E-state index contributed by atoms with van der Waals surface area (Å²) in [6.07, 6.45) is 1.81. The summed E-state index contributed by atoms with van der Waals surface area (Å²) >= 11 is 3.55. The lowest BCUT2D eigenvalue weighted by molar-refractivity contribution is 0.523. The average molecular weight is 321 g/mol. The molecule has 0 saturated carbocycles. The Morgan fingerprint density at radius 2 is 1.95 bits per heavy atom. The first-order chi connectivity index (χ1) is 9.18. The minimum absolute atomic E-state index is 0.0397. The molecule has 19 heavy (non-hydrogen) atoms. The largest absolute Gasteiger partial charge is 0.314 e. The fraction of sp³-hybridized carbons (Fsp3) is 0.267. The number of rotatable bonds is 5. The summed E-state index contributed by atoms with van der Waals surface area (Å²) < 4.78 is 2.81. The van der Waals surface area contributed by atoms with Crippen LogP contribution in [0.4, 0.5) is 0 Å². The van der Waals surface area contributed by atoms with E-state index in [1.54, 1.807) is 16.7 Å². The zero-order valence-corrected chi connectivity index (χ0v) is 12.4. The molecule has 100 valence electrons. The van der Waals surface area contributed by atoms with E-state index in [1.807, 2.05) is 30.5 Å². The van der Waals surface area contributed by atoms with E-state index in [-0.39, 0.29) is 11.6 Å². The molecule has 0 aliphatic rings. The van der Waals surface area contributed by atoms with Crippen molar-refractivity contribution in [2.75, 3.05) is 6.54 Å². The van der Waals surface area contributed by atoms with Crippen molar-refractivity contribution in [1.29, 1.82) is 0 Å². The summed E-state index contributed by atoms with van der Waals surface area (Å²) in [5, 5.41) is 3.43. The van der Waals surface area contributed by atoms with Gasteiger partial charge in [0.05, 0.1) is 0 Å². The van der Waals surface area contributed by atoms with Crippen molar-refractivity contribution in [1.82, 2.24) is 9.88 Å². The van der Waals surface area contributed by atoms with E-state index < -0.39 is 0 Å². The van der Waals surface area contributed by atoms with Gasteiger partial charge in [-0.25, -0.2) is 0 Å². The van der Waals surface area contributed by atoms with Crippen LogP contribution in [0.15, 0.2) is 57.9 Å². The van der Waals surface area contributed by atoms with E-state index in [0.717, 1.165) is 11.0 Å². The van der Waals surface area contributed by atoms with Crippen molar-refractivity contribution in [3.8, 4) is 0 Å². The number of aromatic nitrogens is 1. The Kier molecular flexibility index (Phi) is 4.93. The summed E-state index contributed by atoms with van der Waals surface area (Å²) in [5.74, 6) is 0. The smallest absolute Gasteiger partial charge is 0.250 e. The van der Waals surface area contributed by atoms with Gasteiger partial charge in [0.15, 0.2) is 0 Å². The van der Waals surface area contributed by atoms with E-state index in [1.165, 1.54) is 5.56 Å². The zero-order valence-electron chi connectivity index (χ0n) is 10.8. The summed E-state index contributed by atoms with van der Waals surface area (Å²) in [4.78, 5) is 11.5. The summed E-state index contributed by atoms with van der Waals surface area (Å²) in [7, 11) is 0. The van der Waals surface area contributed by atoms with Crippen molar-refractivity contribution in [3.63, 3.8) is 0 Å². The topological polar surface area (TPSA) is 34.0 Å². The van der Waals surface area contributed by atoms with Gasteiger partial charge < -0.3 is 9.88 Å². The molecule has 0 bridgehead atoms. The lowest BCUT2D eigenvalue weighted by atomic mass is 10.1. The second-order valence-electron chi connectivity index (χ2n) is 4.43. The standard InChI is InChI=1S/C15H17BrN2O/c1-12(13-6-2-3-7-14(13)16)17-9-11-18-10-5-4-8-15(18)19/h2-8,10,12,17H,9,11H2,1H3/t12-/m0/s1. The first kappa shape index (κ1) is 14.0. The molecular weight excluding hydrogens is 304 g/mol. The van der Waals surface area contributed by atoms with E-state index in [4.69, 9.17) is 0 Å². The monoisotopic (exact) mass is 320 g/mol.